The summed E-state index contributed by atoms with van der Waals surface area (Å²) < 4.78 is 0. The quantitative estimate of drug-likeness (QED) is 0.109. The van der Waals surface area contributed by atoms with Crippen LogP contribution in [0.1, 0.15) is 46.0 Å². The number of hydrogen-bond donors (Lipinski definition) is 8. The van der Waals surface area contributed by atoms with Crippen molar-refractivity contribution >= 4 is 41.5 Å². The topological polar surface area (TPSA) is 268 Å². The van der Waals surface area contributed by atoms with E-state index in [1.54, 1.807) is 13.8 Å². The predicted octanol–water partition coefficient (Wildman–Crippen LogP) is -2.89. The SMILES string of the molecule is CCC(C)C(N)C(=O)NC(CC(=O)O)C(=O)NC(CCC(=O)O)C(=O)NC(CC(N)=O)C(=O)O. The van der Waals surface area contributed by atoms with Crippen molar-refractivity contribution in [2.24, 2.45) is 17.4 Å². The molecule has 192 valence electrons. The molecule has 0 aliphatic heterocycles. The second-order valence-electron chi connectivity index (χ2n) is 7.63. The summed E-state index contributed by atoms with van der Waals surface area (Å²) in [6.45, 7) is 3.45. The normalized spacial score (nSPS) is 15.0. The van der Waals surface area contributed by atoms with Crippen molar-refractivity contribution < 1.29 is 48.9 Å². The average molecular weight is 489 g/mol. The molecule has 0 fully saturated rings. The lowest BCUT2D eigenvalue weighted by atomic mass is 9.99. The number of nitrogens with two attached hydrogens (primary N) is 2. The molecule has 0 radical (unpaired) electrons. The molecule has 0 saturated carbocycles. The van der Waals surface area contributed by atoms with Crippen LogP contribution >= 0.6 is 0 Å². The summed E-state index contributed by atoms with van der Waals surface area (Å²) in [7, 11) is 0. The molecular formula is C19H31N5O10. The fraction of sp³-hybridized carbons (Fsp3) is 0.632. The van der Waals surface area contributed by atoms with Crippen LogP contribution in [0.25, 0.3) is 0 Å². The standard InChI is InChI=1S/C19H31N5O10/c1-3-8(2)15(21)18(32)23-10(7-14(28)29)17(31)22-9(4-5-13(26)27)16(30)24-11(19(33)34)6-12(20)25/h8-11,15H,3-7,21H2,1-2H3,(H2,20,25)(H,22,31)(H,23,32)(H,24,30)(H,26,27)(H,28,29)(H,33,34). The van der Waals surface area contributed by atoms with Crippen molar-refractivity contribution in [3.8, 4) is 0 Å². The molecule has 0 aliphatic carbocycles. The van der Waals surface area contributed by atoms with E-state index in [1.165, 1.54) is 0 Å². The second-order valence-corrected chi connectivity index (χ2v) is 7.63. The molecule has 0 aromatic carbocycles. The Morgan fingerprint density at radius 1 is 0.765 bits per heavy atom. The van der Waals surface area contributed by atoms with Crippen LogP contribution in [0, 0.1) is 5.92 Å². The minimum Gasteiger partial charge on any atom is -0.481 e. The maximum Gasteiger partial charge on any atom is 0.326 e. The van der Waals surface area contributed by atoms with Gasteiger partial charge < -0.3 is 42.7 Å². The Morgan fingerprint density at radius 2 is 1.26 bits per heavy atom. The van der Waals surface area contributed by atoms with E-state index in [0.29, 0.717) is 6.42 Å². The van der Waals surface area contributed by atoms with Crippen LogP contribution < -0.4 is 27.4 Å². The Hall–Kier alpha value is -3.75. The number of amides is 4. The number of carboxylic acids is 3. The van der Waals surface area contributed by atoms with Crippen LogP contribution in [0.5, 0.6) is 0 Å². The van der Waals surface area contributed by atoms with E-state index in [0.717, 1.165) is 0 Å². The molecule has 34 heavy (non-hydrogen) atoms. The van der Waals surface area contributed by atoms with Gasteiger partial charge in [-0.3, -0.25) is 28.8 Å². The fourth-order valence-corrected chi connectivity index (χ4v) is 2.65. The predicted molar refractivity (Wildman–Crippen MR) is 114 cm³/mol. The van der Waals surface area contributed by atoms with Crippen LogP contribution in [0.15, 0.2) is 0 Å². The molecule has 0 aliphatic rings. The first-order chi connectivity index (χ1) is 15.7. The first kappa shape index (κ1) is 30.2. The highest BCUT2D eigenvalue weighted by molar-refractivity contribution is 5.96. The number of primary amides is 1. The van der Waals surface area contributed by atoms with Gasteiger partial charge in [0, 0.05) is 6.42 Å². The van der Waals surface area contributed by atoms with E-state index in [9.17, 15) is 33.6 Å². The van der Waals surface area contributed by atoms with Crippen molar-refractivity contribution in [1.29, 1.82) is 0 Å². The first-order valence-corrected chi connectivity index (χ1v) is 10.3. The molecule has 10 N–H and O–H groups in total. The van der Waals surface area contributed by atoms with Gasteiger partial charge in [-0.05, 0) is 12.3 Å². The number of nitrogens with one attached hydrogen (secondary N) is 3. The third-order valence-corrected chi connectivity index (χ3v) is 4.87. The van der Waals surface area contributed by atoms with Crippen LogP contribution in [0.4, 0.5) is 0 Å². The lowest BCUT2D eigenvalue weighted by Gasteiger charge is -2.25. The number of hydrogen-bond acceptors (Lipinski definition) is 8. The zero-order chi connectivity index (χ0) is 26.6. The first-order valence-electron chi connectivity index (χ1n) is 10.3. The van der Waals surface area contributed by atoms with Crippen LogP contribution in [0.3, 0.4) is 0 Å². The fourth-order valence-electron chi connectivity index (χ4n) is 2.65. The van der Waals surface area contributed by atoms with Crippen molar-refractivity contribution in [2.75, 3.05) is 0 Å². The molecule has 0 aromatic heterocycles. The lowest BCUT2D eigenvalue weighted by Crippen LogP contribution is -2.58. The Morgan fingerprint density at radius 3 is 1.71 bits per heavy atom. The van der Waals surface area contributed by atoms with Gasteiger partial charge in [0.15, 0.2) is 0 Å². The van der Waals surface area contributed by atoms with Crippen molar-refractivity contribution in [1.82, 2.24) is 16.0 Å². The van der Waals surface area contributed by atoms with Gasteiger partial charge in [-0.25, -0.2) is 4.79 Å². The number of aliphatic carboxylic acids is 3. The van der Waals surface area contributed by atoms with Crippen molar-refractivity contribution in [3.63, 3.8) is 0 Å². The molecule has 0 bridgehead atoms. The molecule has 0 rings (SSSR count). The van der Waals surface area contributed by atoms with Gasteiger partial charge in [0.2, 0.25) is 23.6 Å². The zero-order valence-corrected chi connectivity index (χ0v) is 18.8. The Kier molecular flexibility index (Phi) is 12.8. The zero-order valence-electron chi connectivity index (χ0n) is 18.8. The summed E-state index contributed by atoms with van der Waals surface area (Å²) in [5.74, 6) is -8.84. The van der Waals surface area contributed by atoms with E-state index in [1.807, 2.05) is 5.32 Å². The third-order valence-electron chi connectivity index (χ3n) is 4.87. The third kappa shape index (κ3) is 11.2. The van der Waals surface area contributed by atoms with Crippen molar-refractivity contribution in [3.05, 3.63) is 0 Å². The number of carboxylic acid groups (broad SMARTS) is 3. The Labute approximate surface area is 194 Å². The monoisotopic (exact) mass is 489 g/mol. The lowest BCUT2D eigenvalue weighted by molar-refractivity contribution is -0.144. The van der Waals surface area contributed by atoms with E-state index in [2.05, 4.69) is 10.6 Å². The number of carbonyl (C=O) groups is 7. The average Bonchev–Trinajstić information content (AvgIpc) is 2.73. The summed E-state index contributed by atoms with van der Waals surface area (Å²) in [6.07, 6.45) is -2.25. The molecule has 0 saturated heterocycles. The minimum absolute atomic E-state index is 0.291. The Bertz CT molecular complexity index is 802. The van der Waals surface area contributed by atoms with Gasteiger partial charge in [0.05, 0.1) is 18.9 Å². The number of carbonyl (C=O) groups excluding carboxylic acids is 4. The minimum atomic E-state index is -1.75. The van der Waals surface area contributed by atoms with Gasteiger partial charge >= 0.3 is 17.9 Å². The molecule has 15 heteroatoms. The van der Waals surface area contributed by atoms with Gasteiger partial charge in [-0.15, -0.1) is 0 Å². The summed E-state index contributed by atoms with van der Waals surface area (Å²) in [6, 6.07) is -6.10. The summed E-state index contributed by atoms with van der Waals surface area (Å²) >= 11 is 0. The van der Waals surface area contributed by atoms with Gasteiger partial charge in [0.25, 0.3) is 0 Å². The van der Waals surface area contributed by atoms with E-state index in [-0.39, 0.29) is 5.92 Å². The maximum atomic E-state index is 12.7. The molecule has 0 aromatic rings. The number of rotatable bonds is 16. The van der Waals surface area contributed by atoms with Gasteiger partial charge in [-0.1, -0.05) is 20.3 Å². The second kappa shape index (κ2) is 14.4. The summed E-state index contributed by atoms with van der Waals surface area (Å²) in [4.78, 5) is 81.9. The summed E-state index contributed by atoms with van der Waals surface area (Å²) in [5, 5.41) is 33.4. The van der Waals surface area contributed by atoms with Crippen LogP contribution in [-0.4, -0.2) is 81.0 Å². The highest BCUT2D eigenvalue weighted by atomic mass is 16.4. The van der Waals surface area contributed by atoms with Crippen LogP contribution in [0.2, 0.25) is 0 Å². The molecule has 5 atom stereocenters. The molecule has 0 heterocycles. The molecule has 15 nitrogen and oxygen atoms in total. The van der Waals surface area contributed by atoms with Gasteiger partial charge in [0.1, 0.15) is 18.1 Å². The van der Waals surface area contributed by atoms with E-state index < -0.39 is 91.4 Å². The van der Waals surface area contributed by atoms with Crippen molar-refractivity contribution in [2.45, 2.75) is 70.1 Å². The van der Waals surface area contributed by atoms with E-state index >= 15 is 0 Å². The molecule has 0 spiro atoms. The Balaban J connectivity index is 5.65. The molecule has 4 amide bonds. The molecule has 5 unspecified atom stereocenters. The molecular weight excluding hydrogens is 458 g/mol. The smallest absolute Gasteiger partial charge is 0.326 e. The highest BCUT2D eigenvalue weighted by Gasteiger charge is 2.32. The van der Waals surface area contributed by atoms with Crippen LogP contribution in [-0.2, 0) is 33.6 Å². The van der Waals surface area contributed by atoms with E-state index in [4.69, 9.17) is 26.8 Å². The largest absolute Gasteiger partial charge is 0.481 e. The highest BCUT2D eigenvalue weighted by Crippen LogP contribution is 2.07. The summed E-state index contributed by atoms with van der Waals surface area (Å²) in [5.41, 5.74) is 10.7. The van der Waals surface area contributed by atoms with Gasteiger partial charge in [-0.2, -0.15) is 0 Å². The maximum absolute atomic E-state index is 12.7.